The van der Waals surface area contributed by atoms with E-state index in [2.05, 4.69) is 5.32 Å². The molecule has 3 N–H and O–H groups in total. The number of para-hydroxylation sites is 1. The molecule has 0 aromatic heterocycles. The van der Waals surface area contributed by atoms with Gasteiger partial charge in [-0.05, 0) is 32.4 Å². The number of halogens is 1. The number of nitrogens with two attached hydrogens (primary N) is 1. The van der Waals surface area contributed by atoms with Crippen LogP contribution in [0.1, 0.15) is 26.7 Å². The average Bonchev–Trinajstić information content (AvgIpc) is 2.35. The van der Waals surface area contributed by atoms with Crippen LogP contribution in [-0.2, 0) is 4.79 Å². The molecule has 0 fully saturated rings. The first-order chi connectivity index (χ1) is 8.58. The van der Waals surface area contributed by atoms with Gasteiger partial charge in [-0.1, -0.05) is 18.2 Å². The maximum atomic E-state index is 11.5. The lowest BCUT2D eigenvalue weighted by atomic mass is 10.2. The van der Waals surface area contributed by atoms with Crippen LogP contribution in [0.2, 0.25) is 0 Å². The van der Waals surface area contributed by atoms with Gasteiger partial charge in [0.05, 0.1) is 6.54 Å². The predicted molar refractivity (Wildman–Crippen MR) is 79.7 cm³/mol. The molecule has 0 aliphatic heterocycles. The van der Waals surface area contributed by atoms with Gasteiger partial charge >= 0.3 is 0 Å². The molecule has 0 radical (unpaired) electrons. The van der Waals surface area contributed by atoms with Crippen molar-refractivity contribution in [1.82, 2.24) is 5.32 Å². The van der Waals surface area contributed by atoms with Crippen molar-refractivity contribution in [3.63, 3.8) is 0 Å². The first-order valence-electron chi connectivity index (χ1n) is 6.32. The zero-order chi connectivity index (χ0) is 13.4. The van der Waals surface area contributed by atoms with Crippen LogP contribution in [-0.4, -0.2) is 24.6 Å². The van der Waals surface area contributed by atoms with Gasteiger partial charge in [0.1, 0.15) is 11.9 Å². The minimum atomic E-state index is -0.0494. The van der Waals surface area contributed by atoms with Crippen molar-refractivity contribution in [2.45, 2.75) is 38.8 Å². The van der Waals surface area contributed by atoms with Gasteiger partial charge in [0, 0.05) is 12.5 Å². The van der Waals surface area contributed by atoms with Gasteiger partial charge in [0.2, 0.25) is 5.91 Å². The quantitative estimate of drug-likeness (QED) is 0.807. The van der Waals surface area contributed by atoms with E-state index < -0.39 is 0 Å². The van der Waals surface area contributed by atoms with Crippen LogP contribution >= 0.6 is 12.4 Å². The molecule has 0 bridgehead atoms. The molecular formula is C14H23ClN2O2. The zero-order valence-corrected chi connectivity index (χ0v) is 12.3. The van der Waals surface area contributed by atoms with Gasteiger partial charge in [0.25, 0.3) is 0 Å². The molecule has 2 atom stereocenters. The Labute approximate surface area is 121 Å². The number of carbonyl (C=O) groups is 1. The molecule has 0 aliphatic carbocycles. The van der Waals surface area contributed by atoms with Gasteiger partial charge in [-0.15, -0.1) is 12.4 Å². The van der Waals surface area contributed by atoms with E-state index in [0.717, 1.165) is 5.75 Å². The fourth-order valence-electron chi connectivity index (χ4n) is 1.48. The summed E-state index contributed by atoms with van der Waals surface area (Å²) in [5.74, 6) is 0.839. The van der Waals surface area contributed by atoms with E-state index in [4.69, 9.17) is 10.5 Å². The molecule has 1 aromatic rings. The van der Waals surface area contributed by atoms with Crippen LogP contribution in [0.3, 0.4) is 0 Å². The zero-order valence-electron chi connectivity index (χ0n) is 11.5. The minimum absolute atomic E-state index is 0. The first kappa shape index (κ1) is 17.7. The molecular weight excluding hydrogens is 264 g/mol. The van der Waals surface area contributed by atoms with Crippen molar-refractivity contribution in [3.05, 3.63) is 30.3 Å². The van der Waals surface area contributed by atoms with Crippen LogP contribution in [0.4, 0.5) is 0 Å². The number of nitrogens with one attached hydrogen (secondary N) is 1. The Bertz CT molecular complexity index is 358. The number of hydrogen-bond acceptors (Lipinski definition) is 3. The second-order valence-corrected chi connectivity index (χ2v) is 4.56. The Balaban J connectivity index is 0.00000324. The Morgan fingerprint density at radius 1 is 1.32 bits per heavy atom. The molecule has 0 spiro atoms. The van der Waals surface area contributed by atoms with E-state index in [1.165, 1.54) is 0 Å². The van der Waals surface area contributed by atoms with Gasteiger partial charge in [-0.25, -0.2) is 0 Å². The van der Waals surface area contributed by atoms with Crippen molar-refractivity contribution >= 4 is 18.3 Å². The topological polar surface area (TPSA) is 64.4 Å². The Morgan fingerprint density at radius 3 is 2.53 bits per heavy atom. The van der Waals surface area contributed by atoms with E-state index >= 15 is 0 Å². The van der Waals surface area contributed by atoms with Gasteiger partial charge in [-0.2, -0.15) is 0 Å². The second kappa shape index (κ2) is 9.64. The standard InChI is InChI=1S/C14H22N2O2.ClH/c1-11(15)8-9-14(17)16-10-12(2)18-13-6-4-3-5-7-13;/h3-7,11-12H,8-10,15H2,1-2H3,(H,16,17);1H. The molecule has 2 unspecified atom stereocenters. The molecule has 0 saturated carbocycles. The van der Waals surface area contributed by atoms with Crippen LogP contribution in [0.15, 0.2) is 30.3 Å². The highest BCUT2D eigenvalue weighted by atomic mass is 35.5. The predicted octanol–water partition coefficient (Wildman–Crippen LogP) is 2.12. The number of ether oxygens (including phenoxy) is 1. The Morgan fingerprint density at radius 2 is 1.95 bits per heavy atom. The third-order valence-electron chi connectivity index (χ3n) is 2.49. The lowest BCUT2D eigenvalue weighted by Crippen LogP contribution is -2.34. The number of carbonyl (C=O) groups excluding carboxylic acids is 1. The molecule has 1 rings (SSSR count). The van der Waals surface area contributed by atoms with Crippen molar-refractivity contribution < 1.29 is 9.53 Å². The summed E-state index contributed by atoms with van der Waals surface area (Å²) in [5.41, 5.74) is 5.59. The smallest absolute Gasteiger partial charge is 0.220 e. The monoisotopic (exact) mass is 286 g/mol. The highest BCUT2D eigenvalue weighted by Gasteiger charge is 2.07. The van der Waals surface area contributed by atoms with E-state index in [0.29, 0.717) is 19.4 Å². The molecule has 1 aromatic carbocycles. The fourth-order valence-corrected chi connectivity index (χ4v) is 1.48. The van der Waals surface area contributed by atoms with Gasteiger partial charge < -0.3 is 15.8 Å². The lowest BCUT2D eigenvalue weighted by Gasteiger charge is -2.15. The van der Waals surface area contributed by atoms with Crippen LogP contribution in [0, 0.1) is 0 Å². The first-order valence-corrected chi connectivity index (χ1v) is 6.32. The van der Waals surface area contributed by atoms with E-state index in [1.54, 1.807) is 0 Å². The maximum Gasteiger partial charge on any atom is 0.220 e. The summed E-state index contributed by atoms with van der Waals surface area (Å²) in [6.45, 7) is 4.33. The molecule has 19 heavy (non-hydrogen) atoms. The highest BCUT2D eigenvalue weighted by Crippen LogP contribution is 2.10. The van der Waals surface area contributed by atoms with Crippen LogP contribution in [0.25, 0.3) is 0 Å². The largest absolute Gasteiger partial charge is 0.489 e. The minimum Gasteiger partial charge on any atom is -0.489 e. The maximum absolute atomic E-state index is 11.5. The van der Waals surface area contributed by atoms with Gasteiger partial charge in [0.15, 0.2) is 0 Å². The molecule has 1 amide bonds. The number of hydrogen-bond donors (Lipinski definition) is 2. The highest BCUT2D eigenvalue weighted by molar-refractivity contribution is 5.85. The third kappa shape index (κ3) is 8.46. The van der Waals surface area contributed by atoms with E-state index in [1.807, 2.05) is 44.2 Å². The lowest BCUT2D eigenvalue weighted by molar-refractivity contribution is -0.121. The summed E-state index contributed by atoms with van der Waals surface area (Å²) in [5, 5.41) is 2.84. The van der Waals surface area contributed by atoms with Gasteiger partial charge in [-0.3, -0.25) is 4.79 Å². The van der Waals surface area contributed by atoms with E-state index in [-0.39, 0.29) is 30.5 Å². The van der Waals surface area contributed by atoms with E-state index in [9.17, 15) is 4.79 Å². The molecule has 0 heterocycles. The summed E-state index contributed by atoms with van der Waals surface area (Å²) in [4.78, 5) is 11.5. The Kier molecular flexibility index (Phi) is 9.00. The number of benzene rings is 1. The summed E-state index contributed by atoms with van der Waals surface area (Å²) in [6.07, 6.45) is 1.13. The normalized spacial score (nSPS) is 13.0. The van der Waals surface area contributed by atoms with Crippen molar-refractivity contribution in [1.29, 1.82) is 0 Å². The van der Waals surface area contributed by atoms with Crippen LogP contribution < -0.4 is 15.8 Å². The molecule has 4 nitrogen and oxygen atoms in total. The molecule has 0 aliphatic rings. The number of rotatable bonds is 7. The fraction of sp³-hybridized carbons (Fsp3) is 0.500. The second-order valence-electron chi connectivity index (χ2n) is 4.56. The SMILES string of the molecule is CC(N)CCC(=O)NCC(C)Oc1ccccc1.Cl. The molecule has 5 heteroatoms. The average molecular weight is 287 g/mol. The van der Waals surface area contributed by atoms with Crippen molar-refractivity contribution in [3.8, 4) is 5.75 Å². The van der Waals surface area contributed by atoms with Crippen molar-refractivity contribution in [2.24, 2.45) is 5.73 Å². The Hall–Kier alpha value is -1.26. The van der Waals surface area contributed by atoms with Crippen LogP contribution in [0.5, 0.6) is 5.75 Å². The summed E-state index contributed by atoms with van der Waals surface area (Å²) in [6, 6.07) is 9.64. The molecule has 0 saturated heterocycles. The summed E-state index contributed by atoms with van der Waals surface area (Å²) >= 11 is 0. The summed E-state index contributed by atoms with van der Waals surface area (Å²) < 4.78 is 5.65. The van der Waals surface area contributed by atoms with Crippen molar-refractivity contribution in [2.75, 3.05) is 6.54 Å². The summed E-state index contributed by atoms with van der Waals surface area (Å²) in [7, 11) is 0. The molecule has 108 valence electrons. The number of amides is 1. The third-order valence-corrected chi connectivity index (χ3v) is 2.49.